The van der Waals surface area contributed by atoms with Crippen LogP contribution in [0.3, 0.4) is 0 Å². The lowest BCUT2D eigenvalue weighted by Gasteiger charge is -2.13. The molecule has 4 nitrogen and oxygen atoms in total. The number of oxime groups is 1. The van der Waals surface area contributed by atoms with Gasteiger partial charge in [-0.25, -0.2) is 4.98 Å². The molecule has 0 aliphatic carbocycles. The topological polar surface area (TPSA) is 46.5 Å². The van der Waals surface area contributed by atoms with Crippen molar-refractivity contribution in [3.05, 3.63) is 78.4 Å². The molecule has 0 amide bonds. The van der Waals surface area contributed by atoms with Crippen molar-refractivity contribution in [2.24, 2.45) is 5.16 Å². The lowest BCUT2D eigenvalue weighted by molar-refractivity contribution is 0.213. The van der Waals surface area contributed by atoms with Crippen LogP contribution in [0.2, 0.25) is 0 Å². The summed E-state index contributed by atoms with van der Waals surface area (Å²) in [6, 6.07) is 24.6. The van der Waals surface area contributed by atoms with Crippen molar-refractivity contribution in [3.63, 3.8) is 0 Å². The van der Waals surface area contributed by atoms with Crippen LogP contribution in [0.25, 0.3) is 21.8 Å². The molecule has 0 aliphatic rings. The average Bonchev–Trinajstić information content (AvgIpc) is 2.68. The van der Waals surface area contributed by atoms with Gasteiger partial charge in [-0.2, -0.15) is 0 Å². The molecule has 0 saturated heterocycles. The van der Waals surface area contributed by atoms with E-state index < -0.39 is 0 Å². The lowest BCUT2D eigenvalue weighted by atomic mass is 10.1. The largest absolute Gasteiger partial charge is 0.399 e. The molecule has 0 atom stereocenters. The lowest BCUT2D eigenvalue weighted by Crippen LogP contribution is -1.98. The Morgan fingerprint density at radius 3 is 2.00 bits per heavy atom. The summed E-state index contributed by atoms with van der Waals surface area (Å²) in [4.78, 5) is 9.61. The number of benzene rings is 3. The zero-order valence-electron chi connectivity index (χ0n) is 14.7. The van der Waals surface area contributed by atoms with Crippen LogP contribution < -0.4 is 5.32 Å². The minimum Gasteiger partial charge on any atom is -0.399 e. The Morgan fingerprint density at radius 2 is 1.42 bits per heavy atom. The third kappa shape index (κ3) is 2.97. The molecule has 0 radical (unpaired) electrons. The van der Waals surface area contributed by atoms with Crippen LogP contribution in [0, 0.1) is 0 Å². The molecule has 3 aromatic carbocycles. The Bertz CT molecular complexity index is 1050. The second kappa shape index (κ2) is 6.84. The molecule has 4 rings (SSSR count). The molecule has 0 unspecified atom stereocenters. The number of nitrogens with one attached hydrogen (secondary N) is 1. The maximum atomic E-state index is 4.85. The molecule has 0 spiro atoms. The van der Waals surface area contributed by atoms with Gasteiger partial charge in [-0.15, -0.1) is 0 Å². The first-order chi connectivity index (χ1) is 12.8. The van der Waals surface area contributed by atoms with Crippen molar-refractivity contribution >= 4 is 38.9 Å². The molecule has 1 aromatic heterocycles. The SMILES string of the molecule is CO/N=C(\C)c1ccc(Nc2c3ccccc3nc3ccccc23)cc1. The van der Waals surface area contributed by atoms with Crippen molar-refractivity contribution in [1.29, 1.82) is 0 Å². The van der Waals surface area contributed by atoms with E-state index in [-0.39, 0.29) is 0 Å². The van der Waals surface area contributed by atoms with Gasteiger partial charge in [0.1, 0.15) is 7.11 Å². The van der Waals surface area contributed by atoms with E-state index in [1.807, 2.05) is 67.6 Å². The minimum absolute atomic E-state index is 0.846. The van der Waals surface area contributed by atoms with Crippen LogP contribution in [0.5, 0.6) is 0 Å². The molecule has 0 aliphatic heterocycles. The predicted molar refractivity (Wildman–Crippen MR) is 108 cm³/mol. The maximum Gasteiger partial charge on any atom is 0.106 e. The fraction of sp³-hybridized carbons (Fsp3) is 0.0909. The normalized spacial score (nSPS) is 11.7. The number of hydrogen-bond donors (Lipinski definition) is 1. The van der Waals surface area contributed by atoms with E-state index in [4.69, 9.17) is 9.82 Å². The summed E-state index contributed by atoms with van der Waals surface area (Å²) < 4.78 is 0. The van der Waals surface area contributed by atoms with E-state index in [1.54, 1.807) is 7.11 Å². The number of fused-ring (bicyclic) bond motifs is 2. The summed E-state index contributed by atoms with van der Waals surface area (Å²) in [6.45, 7) is 1.93. The molecular weight excluding hydrogens is 322 g/mol. The van der Waals surface area contributed by atoms with Gasteiger partial charge >= 0.3 is 0 Å². The van der Waals surface area contributed by atoms with E-state index >= 15 is 0 Å². The molecule has 1 N–H and O–H groups in total. The summed E-state index contributed by atoms with van der Waals surface area (Å²) in [5, 5.41) is 9.76. The average molecular weight is 341 g/mol. The molecule has 0 fully saturated rings. The standard InChI is InChI=1S/C22H19N3O/c1-15(25-26-2)16-11-13-17(14-12-16)23-22-18-7-3-5-9-20(18)24-21-10-6-4-8-19(21)22/h3-14H,1-2H3,(H,23,24)/b25-15+. The smallest absolute Gasteiger partial charge is 0.106 e. The predicted octanol–water partition coefficient (Wildman–Crippen LogP) is 5.50. The second-order valence-corrected chi connectivity index (χ2v) is 6.08. The van der Waals surface area contributed by atoms with Crippen LogP contribution in [-0.4, -0.2) is 17.8 Å². The van der Waals surface area contributed by atoms with Crippen LogP contribution in [0.1, 0.15) is 12.5 Å². The van der Waals surface area contributed by atoms with Crippen molar-refractivity contribution < 1.29 is 4.84 Å². The summed E-state index contributed by atoms with van der Waals surface area (Å²) in [5.74, 6) is 0. The number of pyridine rings is 1. The van der Waals surface area contributed by atoms with Gasteiger partial charge in [0.15, 0.2) is 0 Å². The quantitative estimate of drug-likeness (QED) is 0.303. The number of hydrogen-bond acceptors (Lipinski definition) is 4. The Kier molecular flexibility index (Phi) is 4.23. The summed E-state index contributed by atoms with van der Waals surface area (Å²) in [5.41, 5.74) is 5.92. The van der Waals surface area contributed by atoms with Gasteiger partial charge in [0, 0.05) is 16.5 Å². The number of anilines is 2. The van der Waals surface area contributed by atoms with Crippen LogP contribution in [0.15, 0.2) is 78.0 Å². The molecule has 1 heterocycles. The van der Waals surface area contributed by atoms with Gasteiger partial charge in [0.2, 0.25) is 0 Å². The highest BCUT2D eigenvalue weighted by atomic mass is 16.6. The summed E-state index contributed by atoms with van der Waals surface area (Å²) >= 11 is 0. The zero-order chi connectivity index (χ0) is 17.9. The monoisotopic (exact) mass is 341 g/mol. The van der Waals surface area contributed by atoms with Crippen molar-refractivity contribution in [2.75, 3.05) is 12.4 Å². The first-order valence-electron chi connectivity index (χ1n) is 8.49. The van der Waals surface area contributed by atoms with Gasteiger partial charge in [-0.3, -0.25) is 0 Å². The van der Waals surface area contributed by atoms with Crippen LogP contribution in [-0.2, 0) is 4.84 Å². The third-order valence-corrected chi connectivity index (χ3v) is 4.39. The number of rotatable bonds is 4. The molecular formula is C22H19N3O. The third-order valence-electron chi connectivity index (χ3n) is 4.39. The summed E-state index contributed by atoms with van der Waals surface area (Å²) in [6.07, 6.45) is 0. The van der Waals surface area contributed by atoms with Gasteiger partial charge in [-0.1, -0.05) is 53.7 Å². The molecule has 4 heteroatoms. The van der Waals surface area contributed by atoms with Crippen LogP contribution in [0.4, 0.5) is 11.4 Å². The van der Waals surface area contributed by atoms with Crippen LogP contribution >= 0.6 is 0 Å². The molecule has 0 bridgehead atoms. The minimum atomic E-state index is 0.846. The first kappa shape index (κ1) is 16.1. The maximum absolute atomic E-state index is 4.85. The number of para-hydroxylation sites is 2. The van der Waals surface area contributed by atoms with Gasteiger partial charge < -0.3 is 10.2 Å². The van der Waals surface area contributed by atoms with Crippen molar-refractivity contribution in [3.8, 4) is 0 Å². The molecule has 4 aromatic rings. The van der Waals surface area contributed by atoms with E-state index in [0.29, 0.717) is 0 Å². The fourth-order valence-corrected chi connectivity index (χ4v) is 3.10. The highest BCUT2D eigenvalue weighted by molar-refractivity contribution is 6.08. The number of nitrogens with zero attached hydrogens (tertiary/aromatic N) is 2. The highest BCUT2D eigenvalue weighted by Gasteiger charge is 2.09. The summed E-state index contributed by atoms with van der Waals surface area (Å²) in [7, 11) is 1.55. The van der Waals surface area contributed by atoms with E-state index in [0.717, 1.165) is 44.5 Å². The Hall–Kier alpha value is -3.40. The molecule has 26 heavy (non-hydrogen) atoms. The number of aromatic nitrogens is 1. The van der Waals surface area contributed by atoms with Crippen molar-refractivity contribution in [2.45, 2.75) is 6.92 Å². The molecule has 0 saturated carbocycles. The zero-order valence-corrected chi connectivity index (χ0v) is 14.7. The van der Waals surface area contributed by atoms with E-state index in [9.17, 15) is 0 Å². The highest BCUT2D eigenvalue weighted by Crippen LogP contribution is 2.32. The Morgan fingerprint density at radius 1 is 0.846 bits per heavy atom. The van der Waals surface area contributed by atoms with Crippen molar-refractivity contribution in [1.82, 2.24) is 4.98 Å². The Labute approximate surface area is 152 Å². The van der Waals surface area contributed by atoms with E-state index in [2.05, 4.69) is 22.6 Å². The van der Waals surface area contributed by atoms with Gasteiger partial charge in [0.25, 0.3) is 0 Å². The fourth-order valence-electron chi connectivity index (χ4n) is 3.10. The first-order valence-corrected chi connectivity index (χ1v) is 8.49. The second-order valence-electron chi connectivity index (χ2n) is 6.08. The Balaban J connectivity index is 1.80. The van der Waals surface area contributed by atoms with E-state index in [1.165, 1.54) is 0 Å². The molecule has 128 valence electrons. The van der Waals surface area contributed by atoms with Gasteiger partial charge in [0.05, 0.1) is 22.4 Å². The van der Waals surface area contributed by atoms with Gasteiger partial charge in [-0.05, 0) is 36.8 Å².